The summed E-state index contributed by atoms with van der Waals surface area (Å²) < 4.78 is 1.64. The molecule has 6 nitrogen and oxygen atoms in total. The van der Waals surface area contributed by atoms with Crippen LogP contribution in [-0.2, 0) is 17.8 Å². The summed E-state index contributed by atoms with van der Waals surface area (Å²) in [6.07, 6.45) is 4.77. The van der Waals surface area contributed by atoms with Crippen molar-refractivity contribution in [2.24, 2.45) is 17.6 Å². The van der Waals surface area contributed by atoms with E-state index >= 15 is 0 Å². The number of likely N-dealkylation sites (tertiary alicyclic amines) is 1. The molecule has 1 fully saturated rings. The second-order valence-corrected chi connectivity index (χ2v) is 6.04. The Labute approximate surface area is 120 Å². The second kappa shape index (κ2) is 6.83. The highest BCUT2D eigenvalue weighted by atomic mass is 16.2. The topological polar surface area (TPSA) is 77.0 Å². The van der Waals surface area contributed by atoms with Gasteiger partial charge < -0.3 is 10.6 Å². The van der Waals surface area contributed by atoms with E-state index in [1.165, 1.54) is 6.42 Å². The molecule has 0 radical (unpaired) electrons. The maximum Gasteiger partial charge on any atom is 0.244 e. The van der Waals surface area contributed by atoms with E-state index in [1.807, 2.05) is 11.1 Å². The van der Waals surface area contributed by atoms with Gasteiger partial charge in [-0.1, -0.05) is 19.1 Å². The molecule has 2 rings (SSSR count). The van der Waals surface area contributed by atoms with Crippen LogP contribution in [-0.4, -0.2) is 45.4 Å². The summed E-state index contributed by atoms with van der Waals surface area (Å²) in [6.45, 7) is 7.06. The van der Waals surface area contributed by atoms with Gasteiger partial charge in [-0.15, -0.1) is 5.10 Å². The van der Waals surface area contributed by atoms with Crippen molar-refractivity contribution >= 4 is 5.91 Å². The van der Waals surface area contributed by atoms with Gasteiger partial charge in [-0.2, -0.15) is 0 Å². The summed E-state index contributed by atoms with van der Waals surface area (Å²) in [5.74, 6) is 1.30. The molecule has 1 aromatic heterocycles. The summed E-state index contributed by atoms with van der Waals surface area (Å²) in [6, 6.07) is 0. The number of hydrogen-bond acceptors (Lipinski definition) is 4. The highest BCUT2D eigenvalue weighted by molar-refractivity contribution is 5.76. The molecule has 0 saturated carbocycles. The Kier molecular flexibility index (Phi) is 5.11. The summed E-state index contributed by atoms with van der Waals surface area (Å²) in [5, 5.41) is 8.09. The van der Waals surface area contributed by atoms with Gasteiger partial charge in [0.1, 0.15) is 6.54 Å². The Balaban J connectivity index is 1.88. The number of aryl methyl sites for hydroxylation is 1. The van der Waals surface area contributed by atoms with Gasteiger partial charge in [-0.05, 0) is 37.6 Å². The molecule has 0 aromatic carbocycles. The van der Waals surface area contributed by atoms with Gasteiger partial charge in [-0.25, -0.2) is 4.68 Å². The lowest BCUT2D eigenvalue weighted by Crippen LogP contribution is -2.44. The van der Waals surface area contributed by atoms with Crippen LogP contribution in [0.25, 0.3) is 0 Å². The summed E-state index contributed by atoms with van der Waals surface area (Å²) in [5.41, 5.74) is 6.38. The van der Waals surface area contributed by atoms with Crippen LogP contribution < -0.4 is 5.73 Å². The van der Waals surface area contributed by atoms with Crippen molar-refractivity contribution in [3.8, 4) is 0 Å². The summed E-state index contributed by atoms with van der Waals surface area (Å²) >= 11 is 0. The lowest BCUT2D eigenvalue weighted by Gasteiger charge is -2.34. The number of carbonyl (C=O) groups is 1. The Morgan fingerprint density at radius 3 is 2.75 bits per heavy atom. The molecule has 1 aliphatic heterocycles. The predicted molar refractivity (Wildman–Crippen MR) is 76.9 cm³/mol. The van der Waals surface area contributed by atoms with E-state index in [2.05, 4.69) is 24.2 Å². The lowest BCUT2D eigenvalue weighted by atomic mass is 9.92. The highest BCUT2D eigenvalue weighted by Gasteiger charge is 2.25. The Morgan fingerprint density at radius 1 is 1.40 bits per heavy atom. The van der Waals surface area contributed by atoms with E-state index < -0.39 is 0 Å². The monoisotopic (exact) mass is 279 g/mol. The predicted octanol–water partition coefficient (Wildman–Crippen LogP) is 0.674. The maximum atomic E-state index is 12.3. The molecule has 2 atom stereocenters. The highest BCUT2D eigenvalue weighted by Crippen LogP contribution is 2.21. The lowest BCUT2D eigenvalue weighted by molar-refractivity contribution is -0.134. The van der Waals surface area contributed by atoms with E-state index in [0.717, 1.165) is 31.6 Å². The fourth-order valence-electron chi connectivity index (χ4n) is 2.92. The zero-order valence-corrected chi connectivity index (χ0v) is 12.5. The van der Waals surface area contributed by atoms with Crippen LogP contribution in [0.4, 0.5) is 0 Å². The minimum Gasteiger partial charge on any atom is -0.341 e. The number of hydrogen-bond donors (Lipinski definition) is 1. The van der Waals surface area contributed by atoms with Gasteiger partial charge in [0, 0.05) is 19.3 Å². The van der Waals surface area contributed by atoms with Crippen LogP contribution in [0, 0.1) is 11.8 Å². The number of rotatable bonds is 5. The fraction of sp³-hybridized carbons (Fsp3) is 0.786. The number of nitrogens with two attached hydrogens (primary N) is 1. The smallest absolute Gasteiger partial charge is 0.244 e. The molecule has 6 heteroatoms. The summed E-state index contributed by atoms with van der Waals surface area (Å²) in [4.78, 5) is 14.3. The molecule has 0 aliphatic carbocycles. The van der Waals surface area contributed by atoms with Crippen LogP contribution in [0.2, 0.25) is 0 Å². The van der Waals surface area contributed by atoms with Gasteiger partial charge in [0.2, 0.25) is 5.91 Å². The molecular formula is C14H25N5O. The van der Waals surface area contributed by atoms with Crippen molar-refractivity contribution in [3.63, 3.8) is 0 Å². The quantitative estimate of drug-likeness (QED) is 0.859. The molecule has 2 unspecified atom stereocenters. The molecule has 1 aromatic rings. The minimum atomic E-state index is 0.138. The third-order valence-electron chi connectivity index (χ3n) is 3.74. The van der Waals surface area contributed by atoms with Crippen molar-refractivity contribution in [1.29, 1.82) is 0 Å². The zero-order valence-electron chi connectivity index (χ0n) is 12.5. The van der Waals surface area contributed by atoms with Crippen molar-refractivity contribution in [1.82, 2.24) is 19.9 Å². The second-order valence-electron chi connectivity index (χ2n) is 6.04. The average Bonchev–Trinajstić information content (AvgIpc) is 2.82. The van der Waals surface area contributed by atoms with E-state index in [-0.39, 0.29) is 12.5 Å². The van der Waals surface area contributed by atoms with Gasteiger partial charge in [0.05, 0.1) is 5.69 Å². The Morgan fingerprint density at radius 2 is 2.10 bits per heavy atom. The molecule has 1 aliphatic rings. The van der Waals surface area contributed by atoms with E-state index in [9.17, 15) is 4.79 Å². The first-order chi connectivity index (χ1) is 9.58. The van der Waals surface area contributed by atoms with Crippen LogP contribution in [0.3, 0.4) is 0 Å². The van der Waals surface area contributed by atoms with Gasteiger partial charge in [0.15, 0.2) is 0 Å². The number of piperidine rings is 1. The van der Waals surface area contributed by atoms with Crippen molar-refractivity contribution in [2.45, 2.75) is 39.7 Å². The molecule has 20 heavy (non-hydrogen) atoms. The number of amides is 1. The minimum absolute atomic E-state index is 0.138. The molecule has 0 bridgehead atoms. The third-order valence-corrected chi connectivity index (χ3v) is 3.74. The standard InChI is InChI=1S/C14H25N5O/c1-11-6-12(2)8-18(7-11)14(20)10-19-9-13(16-17-19)4-3-5-15/h9,11-12H,3-8,10,15H2,1-2H3. The molecule has 112 valence electrons. The van der Waals surface area contributed by atoms with Gasteiger partial charge in [0.25, 0.3) is 0 Å². The molecular weight excluding hydrogens is 254 g/mol. The average molecular weight is 279 g/mol. The summed E-state index contributed by atoms with van der Waals surface area (Å²) in [7, 11) is 0. The third kappa shape index (κ3) is 4.03. The van der Waals surface area contributed by atoms with Crippen LogP contribution in [0.15, 0.2) is 6.20 Å². The van der Waals surface area contributed by atoms with Gasteiger partial charge >= 0.3 is 0 Å². The van der Waals surface area contributed by atoms with Gasteiger partial charge in [-0.3, -0.25) is 4.79 Å². The molecule has 2 N–H and O–H groups in total. The fourth-order valence-corrected chi connectivity index (χ4v) is 2.92. The first-order valence-electron chi connectivity index (χ1n) is 7.45. The normalized spacial score (nSPS) is 23.1. The first kappa shape index (κ1) is 15.0. The largest absolute Gasteiger partial charge is 0.341 e. The number of nitrogens with zero attached hydrogens (tertiary/aromatic N) is 4. The first-order valence-corrected chi connectivity index (χ1v) is 7.45. The zero-order chi connectivity index (χ0) is 14.5. The SMILES string of the molecule is CC1CC(C)CN(C(=O)Cn2cc(CCCN)nn2)C1. The van der Waals surface area contributed by atoms with Crippen molar-refractivity contribution in [3.05, 3.63) is 11.9 Å². The number of aromatic nitrogens is 3. The van der Waals surface area contributed by atoms with Crippen LogP contribution in [0.5, 0.6) is 0 Å². The molecule has 1 saturated heterocycles. The Hall–Kier alpha value is -1.43. The van der Waals surface area contributed by atoms with E-state index in [4.69, 9.17) is 5.73 Å². The van der Waals surface area contributed by atoms with Crippen molar-refractivity contribution in [2.75, 3.05) is 19.6 Å². The molecule has 2 heterocycles. The molecule has 0 spiro atoms. The number of carbonyl (C=O) groups excluding carboxylic acids is 1. The van der Waals surface area contributed by atoms with E-state index in [0.29, 0.717) is 18.4 Å². The van der Waals surface area contributed by atoms with Crippen LogP contribution in [0.1, 0.15) is 32.4 Å². The Bertz CT molecular complexity index is 435. The molecule has 1 amide bonds. The maximum absolute atomic E-state index is 12.3. The van der Waals surface area contributed by atoms with Crippen LogP contribution >= 0.6 is 0 Å². The van der Waals surface area contributed by atoms with Crippen molar-refractivity contribution < 1.29 is 4.79 Å². The van der Waals surface area contributed by atoms with E-state index in [1.54, 1.807) is 4.68 Å².